The number of urea groups is 1. The third-order valence-electron chi connectivity index (χ3n) is 2.07. The molecule has 0 unspecified atom stereocenters. The van der Waals surface area contributed by atoms with Crippen molar-refractivity contribution in [2.45, 2.75) is 25.3 Å². The first-order chi connectivity index (χ1) is 7.65. The van der Waals surface area contributed by atoms with Crippen LogP contribution < -0.4 is 5.48 Å². The lowest BCUT2D eigenvalue weighted by Gasteiger charge is -2.20. The van der Waals surface area contributed by atoms with Gasteiger partial charge in [0.25, 0.3) is 0 Å². The number of rotatable bonds is 6. The average molecular weight is 227 g/mol. The second-order valence-corrected chi connectivity index (χ2v) is 3.42. The zero-order valence-electron chi connectivity index (χ0n) is 8.68. The first-order valence-electron chi connectivity index (χ1n) is 4.92. The van der Waals surface area contributed by atoms with Gasteiger partial charge in [0.1, 0.15) is 0 Å². The number of carboxylic acids is 1. The summed E-state index contributed by atoms with van der Waals surface area (Å²) in [5.41, 5.74) is 2.04. The van der Waals surface area contributed by atoms with E-state index in [9.17, 15) is 9.59 Å². The number of aliphatic carboxylic acids is 1. The highest BCUT2D eigenvalue weighted by atomic mass is 16.7. The van der Waals surface area contributed by atoms with E-state index in [-0.39, 0.29) is 12.5 Å². The fraction of sp³-hybridized carbons (Fsp3) is 0.667. The molecule has 0 aromatic rings. The van der Waals surface area contributed by atoms with E-state index in [2.05, 4.69) is 4.84 Å². The highest BCUT2D eigenvalue weighted by Crippen LogP contribution is 2.26. The van der Waals surface area contributed by atoms with Crippen molar-refractivity contribution in [3.63, 3.8) is 0 Å². The third kappa shape index (κ3) is 4.14. The van der Waals surface area contributed by atoms with E-state index >= 15 is 0 Å². The minimum absolute atomic E-state index is 0.154. The van der Waals surface area contributed by atoms with Crippen LogP contribution in [0.2, 0.25) is 0 Å². The molecule has 0 bridgehead atoms. The van der Waals surface area contributed by atoms with Crippen LogP contribution >= 0.6 is 0 Å². The summed E-state index contributed by atoms with van der Waals surface area (Å²) in [6.45, 7) is -0.244. The molecule has 0 atom stereocenters. The Bertz CT molecular complexity index is 308. The fourth-order valence-electron chi connectivity index (χ4n) is 1.22. The van der Waals surface area contributed by atoms with Crippen LogP contribution in [0, 0.1) is 11.3 Å². The SMILES string of the molecule is N#CCCN(C(=O)NOCC(=O)O)C1CC1. The van der Waals surface area contributed by atoms with E-state index in [0.29, 0.717) is 6.54 Å². The Balaban J connectivity index is 2.30. The van der Waals surface area contributed by atoms with Crippen LogP contribution in [0.25, 0.3) is 0 Å². The third-order valence-corrected chi connectivity index (χ3v) is 2.07. The number of carbonyl (C=O) groups excluding carboxylic acids is 1. The Morgan fingerprint density at radius 3 is 2.75 bits per heavy atom. The van der Waals surface area contributed by atoms with Crippen LogP contribution in [0.5, 0.6) is 0 Å². The number of hydrogen-bond donors (Lipinski definition) is 2. The Labute approximate surface area is 92.5 Å². The standard InChI is InChI=1S/C9H13N3O4/c10-4-1-5-12(7-2-3-7)9(15)11-16-6-8(13)14/h7H,1-3,5-6H2,(H,11,15)(H,13,14). The average Bonchev–Trinajstić information content (AvgIpc) is 3.02. The predicted octanol–water partition coefficient (Wildman–Crippen LogP) is 0.0903. The number of hydrogen-bond acceptors (Lipinski definition) is 4. The molecule has 0 radical (unpaired) electrons. The summed E-state index contributed by atoms with van der Waals surface area (Å²) in [5, 5.41) is 16.7. The molecular formula is C9H13N3O4. The summed E-state index contributed by atoms with van der Waals surface area (Å²) >= 11 is 0. The lowest BCUT2D eigenvalue weighted by molar-refractivity contribution is -0.144. The zero-order valence-corrected chi connectivity index (χ0v) is 8.68. The molecule has 2 amide bonds. The Hall–Kier alpha value is -1.81. The molecule has 0 aromatic carbocycles. The van der Waals surface area contributed by atoms with Crippen LogP contribution in [0.1, 0.15) is 19.3 Å². The maximum atomic E-state index is 11.5. The molecule has 7 heteroatoms. The van der Waals surface area contributed by atoms with Gasteiger partial charge in [-0.25, -0.2) is 15.1 Å². The molecule has 0 aromatic heterocycles. The van der Waals surface area contributed by atoms with Crippen molar-refractivity contribution in [3.05, 3.63) is 0 Å². The second-order valence-electron chi connectivity index (χ2n) is 3.42. The second kappa shape index (κ2) is 5.92. The van der Waals surface area contributed by atoms with Gasteiger partial charge in [-0.15, -0.1) is 0 Å². The number of nitriles is 1. The van der Waals surface area contributed by atoms with E-state index in [0.717, 1.165) is 12.8 Å². The quantitative estimate of drug-likeness (QED) is 0.626. The van der Waals surface area contributed by atoms with E-state index in [1.165, 1.54) is 4.90 Å². The molecular weight excluding hydrogens is 214 g/mol. The zero-order chi connectivity index (χ0) is 12.0. The van der Waals surface area contributed by atoms with Crippen molar-refractivity contribution < 1.29 is 19.5 Å². The van der Waals surface area contributed by atoms with Gasteiger partial charge in [-0.05, 0) is 12.8 Å². The Morgan fingerprint density at radius 2 is 2.25 bits per heavy atom. The molecule has 0 heterocycles. The molecule has 2 N–H and O–H groups in total. The molecule has 0 aliphatic heterocycles. The fourth-order valence-corrected chi connectivity index (χ4v) is 1.22. The summed E-state index contributed by atoms with van der Waals surface area (Å²) in [6.07, 6.45) is 2.08. The van der Waals surface area contributed by atoms with Crippen molar-refractivity contribution in [1.29, 1.82) is 5.26 Å². The summed E-state index contributed by atoms with van der Waals surface area (Å²) < 4.78 is 0. The van der Waals surface area contributed by atoms with Crippen molar-refractivity contribution >= 4 is 12.0 Å². The lowest BCUT2D eigenvalue weighted by Crippen LogP contribution is -2.42. The molecule has 1 aliphatic carbocycles. The molecule has 0 spiro atoms. The van der Waals surface area contributed by atoms with Gasteiger partial charge in [0.2, 0.25) is 0 Å². The highest BCUT2D eigenvalue weighted by molar-refractivity contribution is 5.74. The minimum atomic E-state index is -1.16. The number of carboxylic acid groups (broad SMARTS) is 1. The largest absolute Gasteiger partial charge is 0.479 e. The van der Waals surface area contributed by atoms with Crippen LogP contribution in [0.3, 0.4) is 0 Å². The maximum Gasteiger partial charge on any atom is 0.341 e. The minimum Gasteiger partial charge on any atom is -0.479 e. The molecule has 88 valence electrons. The monoisotopic (exact) mass is 227 g/mol. The molecule has 1 fully saturated rings. The first kappa shape index (κ1) is 12.3. The normalized spacial score (nSPS) is 13.9. The van der Waals surface area contributed by atoms with Gasteiger partial charge in [-0.3, -0.25) is 4.84 Å². The summed E-state index contributed by atoms with van der Waals surface area (Å²) in [4.78, 5) is 27.6. The van der Waals surface area contributed by atoms with E-state index in [1.807, 2.05) is 11.5 Å². The van der Waals surface area contributed by atoms with Gasteiger partial charge >= 0.3 is 12.0 Å². The van der Waals surface area contributed by atoms with Gasteiger partial charge in [-0.1, -0.05) is 0 Å². The molecule has 1 saturated carbocycles. The summed E-state index contributed by atoms with van der Waals surface area (Å²) in [5.74, 6) is -1.16. The maximum absolute atomic E-state index is 11.5. The lowest BCUT2D eigenvalue weighted by atomic mass is 10.4. The van der Waals surface area contributed by atoms with Gasteiger partial charge in [0, 0.05) is 12.6 Å². The molecule has 7 nitrogen and oxygen atoms in total. The van der Waals surface area contributed by atoms with Crippen LogP contribution in [-0.4, -0.2) is 41.2 Å². The Kier molecular flexibility index (Phi) is 4.54. The number of nitrogens with zero attached hydrogens (tertiary/aromatic N) is 2. The van der Waals surface area contributed by atoms with Crippen molar-refractivity contribution in [2.75, 3.05) is 13.2 Å². The molecule has 1 rings (SSSR count). The first-order valence-corrected chi connectivity index (χ1v) is 4.92. The summed E-state index contributed by atoms with van der Waals surface area (Å²) in [6, 6.07) is 1.62. The van der Waals surface area contributed by atoms with Crippen molar-refractivity contribution in [2.24, 2.45) is 0 Å². The van der Waals surface area contributed by atoms with Gasteiger partial charge < -0.3 is 10.0 Å². The topological polar surface area (TPSA) is 103 Å². The van der Waals surface area contributed by atoms with E-state index in [1.54, 1.807) is 0 Å². The smallest absolute Gasteiger partial charge is 0.341 e. The van der Waals surface area contributed by atoms with Crippen LogP contribution in [0.15, 0.2) is 0 Å². The van der Waals surface area contributed by atoms with Crippen LogP contribution in [0.4, 0.5) is 4.79 Å². The van der Waals surface area contributed by atoms with Crippen molar-refractivity contribution in [3.8, 4) is 6.07 Å². The van der Waals surface area contributed by atoms with E-state index < -0.39 is 18.6 Å². The number of nitrogens with one attached hydrogen (secondary N) is 1. The summed E-state index contributed by atoms with van der Waals surface area (Å²) in [7, 11) is 0. The number of carbonyl (C=O) groups is 2. The Morgan fingerprint density at radius 1 is 1.56 bits per heavy atom. The van der Waals surface area contributed by atoms with E-state index in [4.69, 9.17) is 10.4 Å². The molecule has 16 heavy (non-hydrogen) atoms. The van der Waals surface area contributed by atoms with Gasteiger partial charge in [0.15, 0.2) is 6.61 Å². The molecule has 1 aliphatic rings. The molecule has 0 saturated heterocycles. The highest BCUT2D eigenvalue weighted by Gasteiger charge is 2.32. The number of hydroxylamine groups is 1. The van der Waals surface area contributed by atoms with Gasteiger partial charge in [0.05, 0.1) is 12.5 Å². The predicted molar refractivity (Wildman–Crippen MR) is 52.1 cm³/mol. The van der Waals surface area contributed by atoms with Crippen LogP contribution in [-0.2, 0) is 9.63 Å². The number of amides is 2. The van der Waals surface area contributed by atoms with Crippen molar-refractivity contribution in [1.82, 2.24) is 10.4 Å². The van der Waals surface area contributed by atoms with Gasteiger partial charge in [-0.2, -0.15) is 5.26 Å².